The summed E-state index contributed by atoms with van der Waals surface area (Å²) in [6.45, 7) is 0.335. The monoisotopic (exact) mass is 309 g/mol. The van der Waals surface area contributed by atoms with Crippen molar-refractivity contribution in [3.63, 3.8) is 0 Å². The van der Waals surface area contributed by atoms with Gasteiger partial charge in [0.05, 0.1) is 24.3 Å². The molecule has 0 amide bonds. The fraction of sp³-hybridized carbons (Fsp3) is 0.111. The molecular weight excluding hydrogens is 297 g/mol. The van der Waals surface area contributed by atoms with E-state index in [2.05, 4.69) is 0 Å². The Kier molecular flexibility index (Phi) is 3.82. The minimum absolute atomic E-state index is 0.229. The summed E-state index contributed by atoms with van der Waals surface area (Å²) in [7, 11) is 1.31. The first kappa shape index (κ1) is 14.8. The number of methoxy groups -OCH3 is 1. The molecular formula is C18H12FNO3. The number of carbonyl (C=O) groups is 1. The van der Waals surface area contributed by atoms with Gasteiger partial charge in [-0.2, -0.15) is 5.26 Å². The Morgan fingerprint density at radius 1 is 1.26 bits per heavy atom. The molecule has 0 aliphatic carbocycles. The highest BCUT2D eigenvalue weighted by Gasteiger charge is 2.20. The topological polar surface area (TPSA) is 59.3 Å². The van der Waals surface area contributed by atoms with E-state index < -0.39 is 11.8 Å². The van der Waals surface area contributed by atoms with Crippen LogP contribution in [0.4, 0.5) is 4.39 Å². The van der Waals surface area contributed by atoms with E-state index in [0.717, 1.165) is 5.57 Å². The van der Waals surface area contributed by atoms with Gasteiger partial charge in [0.15, 0.2) is 0 Å². The fourth-order valence-corrected chi connectivity index (χ4v) is 2.53. The first-order chi connectivity index (χ1) is 11.1. The lowest BCUT2D eigenvalue weighted by molar-refractivity contribution is 0.0600. The summed E-state index contributed by atoms with van der Waals surface area (Å²) in [6.07, 6.45) is 1.80. The van der Waals surface area contributed by atoms with Crippen molar-refractivity contribution in [1.82, 2.24) is 0 Å². The van der Waals surface area contributed by atoms with Gasteiger partial charge in [-0.15, -0.1) is 0 Å². The molecule has 4 nitrogen and oxygen atoms in total. The van der Waals surface area contributed by atoms with E-state index in [0.29, 0.717) is 29.0 Å². The van der Waals surface area contributed by atoms with E-state index >= 15 is 0 Å². The predicted molar refractivity (Wildman–Crippen MR) is 81.5 cm³/mol. The number of ether oxygens (including phenoxy) is 2. The largest absolute Gasteiger partial charge is 0.489 e. The lowest BCUT2D eigenvalue weighted by atomic mass is 9.91. The SMILES string of the molecule is COC(=O)c1ccc2c(c1)C(c1ccc(F)cc1C#N)=CCO2. The summed E-state index contributed by atoms with van der Waals surface area (Å²) < 4.78 is 23.6. The van der Waals surface area contributed by atoms with E-state index in [1.165, 1.54) is 19.2 Å². The molecule has 0 saturated heterocycles. The van der Waals surface area contributed by atoms with Crippen LogP contribution in [0.25, 0.3) is 5.57 Å². The molecule has 0 aromatic heterocycles. The smallest absolute Gasteiger partial charge is 0.337 e. The molecule has 0 N–H and O–H groups in total. The van der Waals surface area contributed by atoms with Gasteiger partial charge in [-0.3, -0.25) is 0 Å². The van der Waals surface area contributed by atoms with Crippen molar-refractivity contribution in [2.45, 2.75) is 0 Å². The molecule has 0 bridgehead atoms. The Balaban J connectivity index is 2.16. The van der Waals surface area contributed by atoms with Gasteiger partial charge in [0.25, 0.3) is 0 Å². The maximum absolute atomic E-state index is 13.4. The lowest BCUT2D eigenvalue weighted by Crippen LogP contribution is -2.09. The van der Waals surface area contributed by atoms with Gasteiger partial charge in [0.2, 0.25) is 0 Å². The Hall–Kier alpha value is -3.13. The lowest BCUT2D eigenvalue weighted by Gasteiger charge is -2.20. The minimum Gasteiger partial charge on any atom is -0.489 e. The number of halogens is 1. The first-order valence-electron chi connectivity index (χ1n) is 6.89. The van der Waals surface area contributed by atoms with Crippen molar-refractivity contribution in [2.75, 3.05) is 13.7 Å². The molecule has 5 heteroatoms. The number of esters is 1. The van der Waals surface area contributed by atoms with Gasteiger partial charge in [0.1, 0.15) is 18.2 Å². The third kappa shape index (κ3) is 2.67. The highest BCUT2D eigenvalue weighted by atomic mass is 19.1. The van der Waals surface area contributed by atoms with Gasteiger partial charge < -0.3 is 9.47 Å². The molecule has 0 radical (unpaired) electrons. The molecule has 1 aliphatic heterocycles. The maximum Gasteiger partial charge on any atom is 0.337 e. The number of hydrogen-bond donors (Lipinski definition) is 0. The molecule has 23 heavy (non-hydrogen) atoms. The number of hydrogen-bond acceptors (Lipinski definition) is 4. The van der Waals surface area contributed by atoms with Crippen LogP contribution in [-0.2, 0) is 4.74 Å². The zero-order valence-corrected chi connectivity index (χ0v) is 12.3. The summed E-state index contributed by atoms with van der Waals surface area (Å²) >= 11 is 0. The van der Waals surface area contributed by atoms with E-state index in [-0.39, 0.29) is 5.56 Å². The number of fused-ring (bicyclic) bond motifs is 1. The number of nitrogens with zero attached hydrogens (tertiary/aromatic N) is 1. The third-order valence-electron chi connectivity index (χ3n) is 3.61. The molecule has 2 aromatic carbocycles. The van der Waals surface area contributed by atoms with E-state index in [1.54, 1.807) is 30.3 Å². The molecule has 0 saturated carbocycles. The van der Waals surface area contributed by atoms with Crippen molar-refractivity contribution < 1.29 is 18.7 Å². The highest BCUT2D eigenvalue weighted by molar-refractivity contribution is 5.93. The van der Waals surface area contributed by atoms with Crippen LogP contribution in [0.3, 0.4) is 0 Å². The Bertz CT molecular complexity index is 865. The molecule has 0 fully saturated rings. The molecule has 0 atom stereocenters. The van der Waals surface area contributed by atoms with Crippen molar-refractivity contribution in [3.05, 3.63) is 70.5 Å². The fourth-order valence-electron chi connectivity index (χ4n) is 2.53. The van der Waals surface area contributed by atoms with Gasteiger partial charge in [0, 0.05) is 11.1 Å². The predicted octanol–water partition coefficient (Wildman–Crippen LogP) is 3.31. The van der Waals surface area contributed by atoms with Crippen molar-refractivity contribution in [3.8, 4) is 11.8 Å². The minimum atomic E-state index is -0.471. The van der Waals surface area contributed by atoms with Crippen LogP contribution >= 0.6 is 0 Å². The van der Waals surface area contributed by atoms with Gasteiger partial charge in [-0.05, 0) is 42.0 Å². The standard InChI is InChI=1S/C18H12FNO3/c1-22-18(21)11-2-5-17-16(9-11)15(6-7-23-17)14-4-3-13(19)8-12(14)10-20/h2-6,8-9H,7H2,1H3. The van der Waals surface area contributed by atoms with Crippen molar-refractivity contribution >= 4 is 11.5 Å². The summed E-state index contributed by atoms with van der Waals surface area (Å²) in [5, 5.41) is 9.25. The highest BCUT2D eigenvalue weighted by Crippen LogP contribution is 2.36. The quantitative estimate of drug-likeness (QED) is 0.799. The number of benzene rings is 2. The Morgan fingerprint density at radius 2 is 2.09 bits per heavy atom. The third-order valence-corrected chi connectivity index (χ3v) is 3.61. The summed E-state index contributed by atoms with van der Waals surface area (Å²) in [5.41, 5.74) is 2.60. The molecule has 1 aliphatic rings. The number of rotatable bonds is 2. The number of carbonyl (C=O) groups excluding carboxylic acids is 1. The average molecular weight is 309 g/mol. The zero-order valence-electron chi connectivity index (χ0n) is 12.3. The van der Waals surface area contributed by atoms with Crippen LogP contribution in [0.2, 0.25) is 0 Å². The van der Waals surface area contributed by atoms with Crippen LogP contribution in [-0.4, -0.2) is 19.7 Å². The second kappa shape index (κ2) is 5.93. The van der Waals surface area contributed by atoms with Crippen LogP contribution in [0.15, 0.2) is 42.5 Å². The normalized spacial score (nSPS) is 12.5. The molecule has 0 spiro atoms. The molecule has 3 rings (SSSR count). The van der Waals surface area contributed by atoms with Gasteiger partial charge >= 0.3 is 5.97 Å². The van der Waals surface area contributed by atoms with Crippen LogP contribution < -0.4 is 4.74 Å². The first-order valence-corrected chi connectivity index (χ1v) is 6.89. The number of nitriles is 1. The summed E-state index contributed by atoms with van der Waals surface area (Å²) in [6, 6.07) is 11.0. The molecule has 0 unspecified atom stereocenters. The van der Waals surface area contributed by atoms with Crippen LogP contribution in [0.1, 0.15) is 27.0 Å². The second-order valence-corrected chi connectivity index (χ2v) is 4.93. The molecule has 2 aromatic rings. The van der Waals surface area contributed by atoms with Gasteiger partial charge in [-0.1, -0.05) is 6.07 Å². The Labute approximate surface area is 132 Å². The van der Waals surface area contributed by atoms with E-state index in [9.17, 15) is 14.4 Å². The zero-order chi connectivity index (χ0) is 16.4. The van der Waals surface area contributed by atoms with Gasteiger partial charge in [-0.25, -0.2) is 9.18 Å². The molecule has 114 valence electrons. The Morgan fingerprint density at radius 3 is 2.83 bits per heavy atom. The van der Waals surface area contributed by atoms with Crippen LogP contribution in [0.5, 0.6) is 5.75 Å². The van der Waals surface area contributed by atoms with Crippen molar-refractivity contribution in [2.24, 2.45) is 0 Å². The summed E-state index contributed by atoms with van der Waals surface area (Å²) in [4.78, 5) is 11.7. The summed E-state index contributed by atoms with van der Waals surface area (Å²) in [5.74, 6) is -0.331. The second-order valence-electron chi connectivity index (χ2n) is 4.93. The van der Waals surface area contributed by atoms with Crippen molar-refractivity contribution in [1.29, 1.82) is 5.26 Å². The van der Waals surface area contributed by atoms with E-state index in [4.69, 9.17) is 9.47 Å². The average Bonchev–Trinajstić information content (AvgIpc) is 2.60. The molecule has 1 heterocycles. The van der Waals surface area contributed by atoms with Crippen LogP contribution in [0, 0.1) is 17.1 Å². The maximum atomic E-state index is 13.4. The van der Waals surface area contributed by atoms with E-state index in [1.807, 2.05) is 6.07 Å².